The van der Waals surface area contributed by atoms with Crippen molar-refractivity contribution in [3.63, 3.8) is 0 Å². The molecule has 2 saturated heterocycles. The summed E-state index contributed by atoms with van der Waals surface area (Å²) in [5, 5.41) is 0. The Morgan fingerprint density at radius 1 is 1.41 bits per heavy atom. The van der Waals surface area contributed by atoms with E-state index in [0.29, 0.717) is 13.1 Å². The molecule has 2 N–H and O–H groups in total. The summed E-state index contributed by atoms with van der Waals surface area (Å²) in [5.74, 6) is -0.989. The van der Waals surface area contributed by atoms with Gasteiger partial charge in [0.2, 0.25) is 17.7 Å². The van der Waals surface area contributed by atoms with Crippen LogP contribution in [0.25, 0.3) is 0 Å². The lowest BCUT2D eigenvalue weighted by atomic mass is 10.1. The first-order chi connectivity index (χ1) is 10.3. The second-order valence-electron chi connectivity index (χ2n) is 6.28. The van der Waals surface area contributed by atoms with Crippen molar-refractivity contribution in [2.24, 2.45) is 11.7 Å². The molecule has 0 saturated carbocycles. The van der Waals surface area contributed by atoms with Crippen molar-refractivity contribution in [1.82, 2.24) is 14.7 Å². The number of carbonyl (C=O) groups excluding carboxylic acids is 3. The van der Waals surface area contributed by atoms with Crippen molar-refractivity contribution >= 4 is 17.7 Å². The van der Waals surface area contributed by atoms with Crippen molar-refractivity contribution in [2.45, 2.75) is 25.1 Å². The van der Waals surface area contributed by atoms with Crippen LogP contribution in [0, 0.1) is 5.92 Å². The highest BCUT2D eigenvalue weighted by atomic mass is 19.1. The minimum atomic E-state index is -1.01. The van der Waals surface area contributed by atoms with Gasteiger partial charge in [-0.2, -0.15) is 0 Å². The van der Waals surface area contributed by atoms with E-state index in [9.17, 15) is 18.8 Å². The lowest BCUT2D eigenvalue weighted by Crippen LogP contribution is -2.45. The number of rotatable bonds is 5. The summed E-state index contributed by atoms with van der Waals surface area (Å²) in [6, 6.07) is -0.216. The Balaban J connectivity index is 1.92. The lowest BCUT2D eigenvalue weighted by Gasteiger charge is -2.28. The van der Waals surface area contributed by atoms with Crippen LogP contribution in [-0.2, 0) is 14.4 Å². The highest BCUT2D eigenvalue weighted by Gasteiger charge is 2.37. The lowest BCUT2D eigenvalue weighted by molar-refractivity contribution is -0.135. The van der Waals surface area contributed by atoms with Crippen molar-refractivity contribution < 1.29 is 18.8 Å². The minimum Gasteiger partial charge on any atom is -0.369 e. The van der Waals surface area contributed by atoms with Gasteiger partial charge in [0.25, 0.3) is 0 Å². The Bertz CT molecular complexity index is 473. The molecule has 0 spiro atoms. The van der Waals surface area contributed by atoms with Crippen LogP contribution in [0.15, 0.2) is 0 Å². The first-order valence-electron chi connectivity index (χ1n) is 7.43. The number of amides is 3. The monoisotopic (exact) mass is 314 g/mol. The minimum absolute atomic E-state index is 0.00221. The third kappa shape index (κ3) is 3.73. The van der Waals surface area contributed by atoms with E-state index in [4.69, 9.17) is 5.73 Å². The van der Waals surface area contributed by atoms with Crippen molar-refractivity contribution in [3.05, 3.63) is 0 Å². The number of likely N-dealkylation sites (N-methyl/N-ethyl adjacent to an activating group) is 1. The molecule has 0 unspecified atom stereocenters. The van der Waals surface area contributed by atoms with Crippen LogP contribution in [-0.4, -0.2) is 84.9 Å². The molecule has 0 aliphatic carbocycles. The highest BCUT2D eigenvalue weighted by Crippen LogP contribution is 2.23. The molecule has 0 bridgehead atoms. The molecule has 0 aromatic carbocycles. The van der Waals surface area contributed by atoms with Gasteiger partial charge in [-0.3, -0.25) is 19.3 Å². The second kappa shape index (κ2) is 6.60. The van der Waals surface area contributed by atoms with Gasteiger partial charge in [0.15, 0.2) is 0 Å². The Labute approximate surface area is 129 Å². The maximum absolute atomic E-state index is 13.6. The molecule has 2 fully saturated rings. The molecule has 22 heavy (non-hydrogen) atoms. The van der Waals surface area contributed by atoms with Crippen molar-refractivity contribution in [3.8, 4) is 0 Å². The molecule has 2 rings (SSSR count). The first kappa shape index (κ1) is 16.7. The summed E-state index contributed by atoms with van der Waals surface area (Å²) in [7, 11) is 3.33. The van der Waals surface area contributed by atoms with Crippen LogP contribution in [0.2, 0.25) is 0 Å². The molecule has 8 heteroatoms. The highest BCUT2D eigenvalue weighted by molar-refractivity contribution is 5.89. The quantitative estimate of drug-likeness (QED) is 0.692. The maximum Gasteiger partial charge on any atom is 0.231 e. The number of halogens is 1. The van der Waals surface area contributed by atoms with E-state index in [1.54, 1.807) is 23.9 Å². The van der Waals surface area contributed by atoms with Gasteiger partial charge in [-0.1, -0.05) is 0 Å². The second-order valence-corrected chi connectivity index (χ2v) is 6.28. The smallest absolute Gasteiger partial charge is 0.231 e. The normalized spacial score (nSPS) is 29.1. The summed E-state index contributed by atoms with van der Waals surface area (Å²) in [6.45, 7) is 0.919. The molecule has 7 nitrogen and oxygen atoms in total. The summed E-state index contributed by atoms with van der Waals surface area (Å²) >= 11 is 0. The van der Waals surface area contributed by atoms with E-state index in [-0.39, 0.29) is 49.7 Å². The van der Waals surface area contributed by atoms with E-state index in [2.05, 4.69) is 0 Å². The fraction of sp³-hybridized carbons (Fsp3) is 0.786. The van der Waals surface area contributed by atoms with Crippen LogP contribution in [0.1, 0.15) is 12.8 Å². The van der Waals surface area contributed by atoms with Gasteiger partial charge in [-0.05, 0) is 6.42 Å². The van der Waals surface area contributed by atoms with Crippen LogP contribution in [0.3, 0.4) is 0 Å². The number of nitrogens with zero attached hydrogens (tertiary/aromatic N) is 3. The molecular weight excluding hydrogens is 291 g/mol. The molecule has 3 atom stereocenters. The van der Waals surface area contributed by atoms with Crippen LogP contribution in [0.4, 0.5) is 4.39 Å². The molecule has 0 aromatic heterocycles. The number of primary amides is 1. The summed E-state index contributed by atoms with van der Waals surface area (Å²) in [5.41, 5.74) is 5.17. The number of alkyl halides is 1. The topological polar surface area (TPSA) is 86.9 Å². The number of hydrogen-bond acceptors (Lipinski definition) is 4. The molecule has 2 heterocycles. The van der Waals surface area contributed by atoms with Gasteiger partial charge < -0.3 is 15.5 Å². The van der Waals surface area contributed by atoms with Crippen LogP contribution in [0.5, 0.6) is 0 Å². The maximum atomic E-state index is 13.6. The number of carbonyl (C=O) groups is 3. The van der Waals surface area contributed by atoms with E-state index < -0.39 is 12.1 Å². The first-order valence-corrected chi connectivity index (χ1v) is 7.43. The van der Waals surface area contributed by atoms with E-state index in [1.165, 1.54) is 4.90 Å². The van der Waals surface area contributed by atoms with Gasteiger partial charge in [0.1, 0.15) is 6.17 Å². The van der Waals surface area contributed by atoms with Gasteiger partial charge in [0, 0.05) is 46.2 Å². The van der Waals surface area contributed by atoms with Crippen LogP contribution < -0.4 is 5.73 Å². The predicted octanol–water partition coefficient (Wildman–Crippen LogP) is -1.18. The zero-order valence-electron chi connectivity index (χ0n) is 13.0. The Morgan fingerprint density at radius 3 is 2.64 bits per heavy atom. The third-order valence-corrected chi connectivity index (χ3v) is 4.39. The van der Waals surface area contributed by atoms with Gasteiger partial charge in [-0.25, -0.2) is 4.39 Å². The third-order valence-electron chi connectivity index (χ3n) is 4.39. The van der Waals surface area contributed by atoms with Crippen molar-refractivity contribution in [2.75, 3.05) is 40.3 Å². The average Bonchev–Trinajstić information content (AvgIpc) is 2.92. The van der Waals surface area contributed by atoms with Gasteiger partial charge in [-0.15, -0.1) is 0 Å². The number of nitrogens with two attached hydrogens (primary N) is 1. The molecule has 3 amide bonds. The number of hydrogen-bond donors (Lipinski definition) is 1. The van der Waals surface area contributed by atoms with Gasteiger partial charge in [0.05, 0.1) is 12.5 Å². The Hall–Kier alpha value is -1.70. The van der Waals surface area contributed by atoms with Crippen LogP contribution >= 0.6 is 0 Å². The molecule has 2 aliphatic heterocycles. The zero-order valence-corrected chi connectivity index (χ0v) is 13.0. The molecular formula is C14H23FN4O3. The predicted molar refractivity (Wildman–Crippen MR) is 77.4 cm³/mol. The average molecular weight is 314 g/mol. The fourth-order valence-electron chi connectivity index (χ4n) is 3.25. The SMILES string of the molecule is CN1C[C@H](C(=O)N(C)C[C@@H]2C[C@H](F)CN2CC(N)=O)CC1=O. The summed E-state index contributed by atoms with van der Waals surface area (Å²) < 4.78 is 13.6. The van der Waals surface area contributed by atoms with Gasteiger partial charge >= 0.3 is 0 Å². The summed E-state index contributed by atoms with van der Waals surface area (Å²) in [6.07, 6.45) is -0.498. The Kier molecular flexibility index (Phi) is 5.00. The molecule has 0 radical (unpaired) electrons. The zero-order chi connectivity index (χ0) is 16.4. The van der Waals surface area contributed by atoms with Crippen molar-refractivity contribution in [1.29, 1.82) is 0 Å². The van der Waals surface area contributed by atoms with E-state index >= 15 is 0 Å². The number of likely N-dealkylation sites (tertiary alicyclic amines) is 2. The largest absolute Gasteiger partial charge is 0.369 e. The van der Waals surface area contributed by atoms with E-state index in [1.807, 2.05) is 0 Å². The molecule has 2 aliphatic rings. The van der Waals surface area contributed by atoms with E-state index in [0.717, 1.165) is 0 Å². The Morgan fingerprint density at radius 2 is 2.09 bits per heavy atom. The summed E-state index contributed by atoms with van der Waals surface area (Å²) in [4.78, 5) is 39.7. The fourth-order valence-corrected chi connectivity index (χ4v) is 3.25. The standard InChI is InChI=1S/C14H23FN4O3/c1-17-5-9(3-13(17)21)14(22)18(2)7-11-4-10(15)6-19(11)8-12(16)20/h9-11H,3-8H2,1-2H3,(H2,16,20)/t9-,10+,11+/m1/s1. The molecule has 124 valence electrons. The molecule has 0 aromatic rings.